The molecule has 0 aromatic heterocycles. The quantitative estimate of drug-likeness (QED) is 0.760. The van der Waals surface area contributed by atoms with Crippen LogP contribution in [0.15, 0.2) is 36.4 Å². The van der Waals surface area contributed by atoms with Crippen LogP contribution in [0.1, 0.15) is 26.3 Å². The Morgan fingerprint density at radius 1 is 1.08 bits per heavy atom. The van der Waals surface area contributed by atoms with Crippen molar-refractivity contribution >= 4 is 46.7 Å². The molecular formula is C18H16Cl2N2O4. The van der Waals surface area contributed by atoms with E-state index in [4.69, 9.17) is 23.2 Å². The lowest BCUT2D eigenvalue weighted by atomic mass is 10.1. The first-order valence-electron chi connectivity index (χ1n) is 7.54. The number of amides is 2. The smallest absolute Gasteiger partial charge is 0.337 e. The zero-order valence-corrected chi connectivity index (χ0v) is 15.6. The number of aryl methyl sites for hydroxylation is 1. The molecule has 8 heteroatoms. The number of methoxy groups -OCH3 is 1. The maximum Gasteiger partial charge on any atom is 0.337 e. The molecule has 0 aliphatic carbocycles. The minimum Gasteiger partial charge on any atom is -0.465 e. The minimum atomic E-state index is -0.508. The molecule has 2 N–H and O–H groups in total. The largest absolute Gasteiger partial charge is 0.465 e. The van der Waals surface area contributed by atoms with Gasteiger partial charge in [0.2, 0.25) is 5.91 Å². The van der Waals surface area contributed by atoms with Crippen molar-refractivity contribution in [2.24, 2.45) is 0 Å². The second-order valence-corrected chi connectivity index (χ2v) is 6.22. The molecule has 0 fully saturated rings. The van der Waals surface area contributed by atoms with Gasteiger partial charge in [0.15, 0.2) is 0 Å². The summed E-state index contributed by atoms with van der Waals surface area (Å²) in [7, 11) is 1.28. The maximum atomic E-state index is 12.1. The molecule has 0 aliphatic heterocycles. The summed E-state index contributed by atoms with van der Waals surface area (Å²) in [6, 6.07) is 9.25. The van der Waals surface area contributed by atoms with E-state index in [1.807, 2.05) is 0 Å². The Hall–Kier alpha value is -2.57. The number of rotatable bonds is 5. The Morgan fingerprint density at radius 2 is 1.81 bits per heavy atom. The number of halogens is 2. The van der Waals surface area contributed by atoms with E-state index in [1.54, 1.807) is 19.1 Å². The van der Waals surface area contributed by atoms with Crippen LogP contribution in [-0.4, -0.2) is 31.4 Å². The molecule has 2 rings (SSSR count). The van der Waals surface area contributed by atoms with Crippen molar-refractivity contribution in [3.05, 3.63) is 63.1 Å². The predicted molar refractivity (Wildman–Crippen MR) is 99.9 cm³/mol. The van der Waals surface area contributed by atoms with Gasteiger partial charge in [-0.3, -0.25) is 9.59 Å². The lowest BCUT2D eigenvalue weighted by Gasteiger charge is -2.11. The Morgan fingerprint density at radius 3 is 2.46 bits per heavy atom. The third kappa shape index (κ3) is 4.97. The molecular weight excluding hydrogens is 379 g/mol. The van der Waals surface area contributed by atoms with Gasteiger partial charge in [0.05, 0.1) is 29.8 Å². The Kier molecular flexibility index (Phi) is 6.60. The van der Waals surface area contributed by atoms with Gasteiger partial charge in [-0.2, -0.15) is 0 Å². The van der Waals surface area contributed by atoms with Crippen LogP contribution in [0, 0.1) is 6.92 Å². The van der Waals surface area contributed by atoms with Crippen LogP contribution in [0.3, 0.4) is 0 Å². The summed E-state index contributed by atoms with van der Waals surface area (Å²) >= 11 is 11.7. The second kappa shape index (κ2) is 8.69. The van der Waals surface area contributed by atoms with E-state index < -0.39 is 17.8 Å². The van der Waals surface area contributed by atoms with E-state index >= 15 is 0 Å². The highest BCUT2D eigenvalue weighted by Gasteiger charge is 2.14. The first kappa shape index (κ1) is 19.8. The van der Waals surface area contributed by atoms with Crippen LogP contribution in [0.25, 0.3) is 0 Å². The average Bonchev–Trinajstić information content (AvgIpc) is 2.61. The zero-order chi connectivity index (χ0) is 19.3. The Labute approximate surface area is 160 Å². The van der Waals surface area contributed by atoms with Gasteiger partial charge in [0.1, 0.15) is 0 Å². The van der Waals surface area contributed by atoms with Crippen LogP contribution in [0.4, 0.5) is 5.69 Å². The summed E-state index contributed by atoms with van der Waals surface area (Å²) in [6.45, 7) is 1.52. The van der Waals surface area contributed by atoms with Gasteiger partial charge in [-0.25, -0.2) is 4.79 Å². The van der Waals surface area contributed by atoms with E-state index in [2.05, 4.69) is 15.4 Å². The molecule has 0 bridgehead atoms. The SMILES string of the molecule is COC(=O)c1ccc(C)c(NC(=O)CNC(=O)c2ccc(Cl)cc2Cl)c1. The topological polar surface area (TPSA) is 84.5 Å². The fraction of sp³-hybridized carbons (Fsp3) is 0.167. The number of carbonyl (C=O) groups is 3. The van der Waals surface area contributed by atoms with Crippen LogP contribution in [0.2, 0.25) is 10.0 Å². The molecule has 0 radical (unpaired) electrons. The number of hydrogen-bond donors (Lipinski definition) is 2. The van der Waals surface area contributed by atoms with Gasteiger partial charge in [-0.15, -0.1) is 0 Å². The highest BCUT2D eigenvalue weighted by Crippen LogP contribution is 2.21. The summed E-state index contributed by atoms with van der Waals surface area (Å²) in [4.78, 5) is 35.8. The number of benzene rings is 2. The minimum absolute atomic E-state index is 0.192. The molecule has 6 nitrogen and oxygen atoms in total. The van der Waals surface area contributed by atoms with E-state index in [1.165, 1.54) is 31.4 Å². The summed E-state index contributed by atoms with van der Waals surface area (Å²) in [5, 5.41) is 5.72. The number of esters is 1. The molecule has 0 atom stereocenters. The first-order valence-corrected chi connectivity index (χ1v) is 8.29. The summed E-state index contributed by atoms with van der Waals surface area (Å²) in [5.74, 6) is -1.46. The Bertz CT molecular complexity index is 868. The summed E-state index contributed by atoms with van der Waals surface area (Å²) in [6.07, 6.45) is 0. The third-order valence-corrected chi connectivity index (χ3v) is 4.07. The fourth-order valence-corrected chi connectivity index (χ4v) is 2.62. The third-order valence-electron chi connectivity index (χ3n) is 3.52. The van der Waals surface area contributed by atoms with E-state index in [-0.39, 0.29) is 17.1 Å². The zero-order valence-electron chi connectivity index (χ0n) is 14.1. The van der Waals surface area contributed by atoms with Crippen molar-refractivity contribution in [1.82, 2.24) is 5.32 Å². The molecule has 2 aromatic carbocycles. The molecule has 0 saturated heterocycles. The Balaban J connectivity index is 2.00. The van der Waals surface area contributed by atoms with Gasteiger partial charge >= 0.3 is 5.97 Å². The van der Waals surface area contributed by atoms with Crippen LogP contribution in [-0.2, 0) is 9.53 Å². The molecule has 0 unspecified atom stereocenters. The van der Waals surface area contributed by atoms with Gasteiger partial charge < -0.3 is 15.4 Å². The van der Waals surface area contributed by atoms with Crippen molar-refractivity contribution in [1.29, 1.82) is 0 Å². The monoisotopic (exact) mass is 394 g/mol. The number of anilines is 1. The number of hydrogen-bond acceptors (Lipinski definition) is 4. The van der Waals surface area contributed by atoms with Crippen LogP contribution >= 0.6 is 23.2 Å². The van der Waals surface area contributed by atoms with Gasteiger partial charge in [-0.1, -0.05) is 29.3 Å². The maximum absolute atomic E-state index is 12.1. The number of ether oxygens (including phenoxy) is 1. The second-order valence-electron chi connectivity index (χ2n) is 5.38. The van der Waals surface area contributed by atoms with E-state index in [0.29, 0.717) is 16.3 Å². The number of nitrogens with one attached hydrogen (secondary N) is 2. The van der Waals surface area contributed by atoms with Crippen molar-refractivity contribution < 1.29 is 19.1 Å². The highest BCUT2D eigenvalue weighted by atomic mass is 35.5. The summed E-state index contributed by atoms with van der Waals surface area (Å²) < 4.78 is 4.65. The van der Waals surface area contributed by atoms with Crippen molar-refractivity contribution in [2.75, 3.05) is 19.0 Å². The predicted octanol–water partition coefficient (Wildman–Crippen LogP) is 3.46. The van der Waals surface area contributed by atoms with Crippen molar-refractivity contribution in [2.45, 2.75) is 6.92 Å². The molecule has 26 heavy (non-hydrogen) atoms. The van der Waals surface area contributed by atoms with Gasteiger partial charge in [-0.05, 0) is 42.8 Å². The van der Waals surface area contributed by atoms with Gasteiger partial charge in [0, 0.05) is 10.7 Å². The standard InChI is InChI=1S/C18H16Cl2N2O4/c1-10-3-4-11(18(25)26-2)7-15(10)22-16(23)9-21-17(24)13-6-5-12(19)8-14(13)20/h3-8H,9H2,1-2H3,(H,21,24)(H,22,23). The molecule has 0 aliphatic rings. The number of carbonyl (C=O) groups excluding carboxylic acids is 3. The van der Waals surface area contributed by atoms with Crippen molar-refractivity contribution in [3.63, 3.8) is 0 Å². The van der Waals surface area contributed by atoms with E-state index in [0.717, 1.165) is 5.56 Å². The normalized spacial score (nSPS) is 10.2. The lowest BCUT2D eigenvalue weighted by molar-refractivity contribution is -0.115. The molecule has 0 spiro atoms. The summed E-state index contributed by atoms with van der Waals surface area (Å²) in [5.41, 5.74) is 1.74. The van der Waals surface area contributed by atoms with E-state index in [9.17, 15) is 14.4 Å². The molecule has 2 amide bonds. The molecule has 0 saturated carbocycles. The average molecular weight is 395 g/mol. The van der Waals surface area contributed by atoms with Crippen LogP contribution < -0.4 is 10.6 Å². The molecule has 136 valence electrons. The van der Waals surface area contributed by atoms with Crippen LogP contribution in [0.5, 0.6) is 0 Å². The fourth-order valence-electron chi connectivity index (χ4n) is 2.13. The van der Waals surface area contributed by atoms with Gasteiger partial charge in [0.25, 0.3) is 5.91 Å². The molecule has 0 heterocycles. The highest BCUT2D eigenvalue weighted by molar-refractivity contribution is 6.36. The molecule has 2 aromatic rings. The lowest BCUT2D eigenvalue weighted by Crippen LogP contribution is -2.33. The first-order chi connectivity index (χ1) is 12.3. The van der Waals surface area contributed by atoms with Crippen molar-refractivity contribution in [3.8, 4) is 0 Å².